The van der Waals surface area contributed by atoms with E-state index in [0.29, 0.717) is 24.9 Å². The summed E-state index contributed by atoms with van der Waals surface area (Å²) in [4.78, 5) is 14.0. The van der Waals surface area contributed by atoms with Gasteiger partial charge in [-0.25, -0.2) is 0 Å². The van der Waals surface area contributed by atoms with E-state index in [1.807, 2.05) is 11.8 Å². The van der Waals surface area contributed by atoms with E-state index >= 15 is 0 Å². The average Bonchev–Trinajstić information content (AvgIpc) is 2.17. The van der Waals surface area contributed by atoms with Crippen molar-refractivity contribution >= 4 is 5.91 Å². The molecule has 0 bridgehead atoms. The molecule has 2 N–H and O–H groups in total. The van der Waals surface area contributed by atoms with Crippen molar-refractivity contribution < 1.29 is 4.79 Å². The molecule has 3 nitrogen and oxygen atoms in total. The minimum absolute atomic E-state index is 0.285. The molecule has 1 aliphatic heterocycles. The SMILES string of the molecule is CC(CN)CC(=O)N1CCC(C)CC1C. The molecule has 3 unspecified atom stereocenters. The van der Waals surface area contributed by atoms with Gasteiger partial charge in [-0.05, 0) is 38.1 Å². The first-order valence-electron chi connectivity index (χ1n) is 6.04. The number of piperidine rings is 1. The zero-order valence-electron chi connectivity index (χ0n) is 10.2. The standard InChI is InChI=1S/C12H24N2O/c1-9-4-5-14(11(3)6-9)12(15)7-10(2)8-13/h9-11H,4-8,13H2,1-3H3. The first-order valence-corrected chi connectivity index (χ1v) is 6.04. The number of carbonyl (C=O) groups is 1. The van der Waals surface area contributed by atoms with Crippen molar-refractivity contribution in [2.45, 2.75) is 46.1 Å². The maximum atomic E-state index is 12.0. The molecular formula is C12H24N2O. The Morgan fingerprint density at radius 1 is 1.53 bits per heavy atom. The molecule has 0 spiro atoms. The molecule has 0 saturated carbocycles. The lowest BCUT2D eigenvalue weighted by Gasteiger charge is -2.37. The topological polar surface area (TPSA) is 46.3 Å². The predicted molar refractivity (Wildman–Crippen MR) is 62.4 cm³/mol. The van der Waals surface area contributed by atoms with E-state index in [4.69, 9.17) is 5.73 Å². The first-order chi connectivity index (χ1) is 7.04. The number of hydrogen-bond donors (Lipinski definition) is 1. The molecule has 0 radical (unpaired) electrons. The molecule has 1 heterocycles. The van der Waals surface area contributed by atoms with Crippen molar-refractivity contribution in [1.29, 1.82) is 0 Å². The van der Waals surface area contributed by atoms with Gasteiger partial charge in [-0.2, -0.15) is 0 Å². The summed E-state index contributed by atoms with van der Waals surface area (Å²) in [6.45, 7) is 7.99. The quantitative estimate of drug-likeness (QED) is 0.772. The van der Waals surface area contributed by atoms with Gasteiger partial charge in [-0.15, -0.1) is 0 Å². The number of likely N-dealkylation sites (tertiary alicyclic amines) is 1. The van der Waals surface area contributed by atoms with Gasteiger partial charge in [0.25, 0.3) is 0 Å². The lowest BCUT2D eigenvalue weighted by Crippen LogP contribution is -2.44. The third-order valence-electron chi connectivity index (χ3n) is 3.38. The fraction of sp³-hybridized carbons (Fsp3) is 0.917. The van der Waals surface area contributed by atoms with E-state index < -0.39 is 0 Å². The van der Waals surface area contributed by atoms with Crippen LogP contribution in [-0.4, -0.2) is 29.9 Å². The van der Waals surface area contributed by atoms with Gasteiger partial charge in [-0.1, -0.05) is 13.8 Å². The van der Waals surface area contributed by atoms with Crippen LogP contribution in [0.25, 0.3) is 0 Å². The molecular weight excluding hydrogens is 188 g/mol. The molecule has 0 aromatic rings. The third-order valence-corrected chi connectivity index (χ3v) is 3.38. The number of rotatable bonds is 3. The summed E-state index contributed by atoms with van der Waals surface area (Å²) in [7, 11) is 0. The number of amides is 1. The van der Waals surface area contributed by atoms with Gasteiger partial charge < -0.3 is 10.6 Å². The summed E-state index contributed by atoms with van der Waals surface area (Å²) in [5, 5.41) is 0. The van der Waals surface area contributed by atoms with Crippen LogP contribution in [0.4, 0.5) is 0 Å². The fourth-order valence-electron chi connectivity index (χ4n) is 2.28. The molecule has 1 rings (SSSR count). The number of hydrogen-bond acceptors (Lipinski definition) is 2. The Morgan fingerprint density at radius 3 is 2.73 bits per heavy atom. The monoisotopic (exact) mass is 212 g/mol. The smallest absolute Gasteiger partial charge is 0.223 e. The van der Waals surface area contributed by atoms with Crippen molar-refractivity contribution in [2.24, 2.45) is 17.6 Å². The minimum Gasteiger partial charge on any atom is -0.340 e. The molecule has 3 heteroatoms. The summed E-state index contributed by atoms with van der Waals surface area (Å²) < 4.78 is 0. The summed E-state index contributed by atoms with van der Waals surface area (Å²) >= 11 is 0. The fourth-order valence-corrected chi connectivity index (χ4v) is 2.28. The van der Waals surface area contributed by atoms with Gasteiger partial charge in [0.05, 0.1) is 0 Å². The second-order valence-corrected chi connectivity index (χ2v) is 5.11. The molecule has 0 aliphatic carbocycles. The summed E-state index contributed by atoms with van der Waals surface area (Å²) in [5.41, 5.74) is 5.54. The van der Waals surface area contributed by atoms with Gasteiger partial charge in [0.15, 0.2) is 0 Å². The van der Waals surface area contributed by atoms with Crippen LogP contribution in [0.5, 0.6) is 0 Å². The average molecular weight is 212 g/mol. The molecule has 0 aromatic heterocycles. The Bertz CT molecular complexity index is 218. The second-order valence-electron chi connectivity index (χ2n) is 5.11. The lowest BCUT2D eigenvalue weighted by atomic mass is 9.92. The Labute approximate surface area is 93.0 Å². The van der Waals surface area contributed by atoms with Crippen LogP contribution in [0.1, 0.15) is 40.0 Å². The highest BCUT2D eigenvalue weighted by atomic mass is 16.2. The van der Waals surface area contributed by atoms with Crippen molar-refractivity contribution in [3.05, 3.63) is 0 Å². The van der Waals surface area contributed by atoms with Crippen LogP contribution in [0.3, 0.4) is 0 Å². The summed E-state index contributed by atoms with van der Waals surface area (Å²) in [6, 6.07) is 0.409. The van der Waals surface area contributed by atoms with Crippen molar-refractivity contribution in [2.75, 3.05) is 13.1 Å². The molecule has 88 valence electrons. The van der Waals surface area contributed by atoms with Crippen LogP contribution < -0.4 is 5.73 Å². The molecule has 1 fully saturated rings. The van der Waals surface area contributed by atoms with Crippen LogP contribution in [0.15, 0.2) is 0 Å². The van der Waals surface area contributed by atoms with Gasteiger partial charge >= 0.3 is 0 Å². The normalized spacial score (nSPS) is 28.9. The van der Waals surface area contributed by atoms with E-state index in [-0.39, 0.29) is 5.91 Å². The Kier molecular flexibility index (Phi) is 4.58. The molecule has 15 heavy (non-hydrogen) atoms. The molecule has 1 aliphatic rings. The number of carbonyl (C=O) groups excluding carboxylic acids is 1. The highest BCUT2D eigenvalue weighted by molar-refractivity contribution is 5.76. The van der Waals surface area contributed by atoms with Crippen molar-refractivity contribution in [3.63, 3.8) is 0 Å². The third kappa shape index (κ3) is 3.49. The summed E-state index contributed by atoms with van der Waals surface area (Å²) in [6.07, 6.45) is 2.89. The largest absolute Gasteiger partial charge is 0.340 e. The zero-order chi connectivity index (χ0) is 11.4. The maximum Gasteiger partial charge on any atom is 0.223 e. The summed E-state index contributed by atoms with van der Waals surface area (Å²) in [5.74, 6) is 1.35. The predicted octanol–water partition coefficient (Wildman–Crippen LogP) is 1.62. The maximum absolute atomic E-state index is 12.0. The first kappa shape index (κ1) is 12.5. The van der Waals surface area contributed by atoms with Gasteiger partial charge in [0, 0.05) is 19.0 Å². The van der Waals surface area contributed by atoms with Crippen LogP contribution in [0, 0.1) is 11.8 Å². The highest BCUT2D eigenvalue weighted by Crippen LogP contribution is 2.23. The van der Waals surface area contributed by atoms with E-state index in [0.717, 1.165) is 25.3 Å². The second kappa shape index (κ2) is 5.50. The molecule has 0 aromatic carbocycles. The van der Waals surface area contributed by atoms with Crippen molar-refractivity contribution in [1.82, 2.24) is 4.90 Å². The molecule has 1 saturated heterocycles. The zero-order valence-corrected chi connectivity index (χ0v) is 10.2. The molecule has 3 atom stereocenters. The lowest BCUT2D eigenvalue weighted by molar-refractivity contribution is -0.135. The van der Waals surface area contributed by atoms with E-state index in [2.05, 4.69) is 13.8 Å². The van der Waals surface area contributed by atoms with Crippen LogP contribution in [-0.2, 0) is 4.79 Å². The highest BCUT2D eigenvalue weighted by Gasteiger charge is 2.26. The minimum atomic E-state index is 0.285. The Hall–Kier alpha value is -0.570. The number of nitrogens with two attached hydrogens (primary N) is 1. The molecule has 1 amide bonds. The van der Waals surface area contributed by atoms with Gasteiger partial charge in [0.2, 0.25) is 5.91 Å². The Morgan fingerprint density at radius 2 is 2.20 bits per heavy atom. The van der Waals surface area contributed by atoms with Crippen molar-refractivity contribution in [3.8, 4) is 0 Å². The van der Waals surface area contributed by atoms with Gasteiger partial charge in [0.1, 0.15) is 0 Å². The van der Waals surface area contributed by atoms with Gasteiger partial charge in [-0.3, -0.25) is 4.79 Å². The van der Waals surface area contributed by atoms with E-state index in [1.165, 1.54) is 0 Å². The Balaban J connectivity index is 2.45. The van der Waals surface area contributed by atoms with Crippen LogP contribution >= 0.6 is 0 Å². The van der Waals surface area contributed by atoms with Crippen LogP contribution in [0.2, 0.25) is 0 Å². The van der Waals surface area contributed by atoms with E-state index in [9.17, 15) is 4.79 Å². The van der Waals surface area contributed by atoms with E-state index in [1.54, 1.807) is 0 Å². The number of nitrogens with zero attached hydrogens (tertiary/aromatic N) is 1.